The van der Waals surface area contributed by atoms with Gasteiger partial charge in [-0.1, -0.05) is 18.2 Å². The zero-order chi connectivity index (χ0) is 23.5. The first-order chi connectivity index (χ1) is 16.6. The average Bonchev–Trinajstić information content (AvgIpc) is 2.87. The van der Waals surface area contributed by atoms with Gasteiger partial charge in [0, 0.05) is 24.5 Å². The molecule has 0 aliphatic carbocycles. The van der Waals surface area contributed by atoms with Crippen LogP contribution in [0.3, 0.4) is 0 Å². The number of benzene rings is 2. The molecule has 1 fully saturated rings. The standard InChI is InChI=1S/C26H30N4O4/c1-33-19-12-21-20(3-2-4-22(21)28-14-19)24(31)15-30-9-7-18(8-10-30)27-13-17-5-6-23-25(11-17)34-16-26(32)29-23/h2-6,11-12,14,18,24,27,31H,7-10,13,15-16H2,1H3,(H,29,32). The molecule has 0 spiro atoms. The highest BCUT2D eigenvalue weighted by Crippen LogP contribution is 2.29. The van der Waals surface area contributed by atoms with Crippen LogP contribution in [0.2, 0.25) is 0 Å². The molecule has 5 rings (SSSR count). The maximum atomic E-state index is 11.4. The first kappa shape index (κ1) is 22.6. The lowest BCUT2D eigenvalue weighted by molar-refractivity contribution is -0.118. The Labute approximate surface area is 198 Å². The zero-order valence-corrected chi connectivity index (χ0v) is 19.3. The summed E-state index contributed by atoms with van der Waals surface area (Å²) in [6.07, 6.45) is 3.16. The van der Waals surface area contributed by atoms with Gasteiger partial charge in [0.2, 0.25) is 0 Å². The molecular weight excluding hydrogens is 432 g/mol. The van der Waals surface area contributed by atoms with Crippen LogP contribution in [-0.4, -0.2) is 60.3 Å². The minimum atomic E-state index is -0.585. The monoisotopic (exact) mass is 462 g/mol. The molecule has 3 heterocycles. The second-order valence-corrected chi connectivity index (χ2v) is 8.93. The molecule has 2 aromatic carbocycles. The number of nitrogens with one attached hydrogen (secondary N) is 2. The van der Waals surface area contributed by atoms with Crippen molar-refractivity contribution in [2.75, 3.05) is 38.7 Å². The second kappa shape index (κ2) is 9.97. The average molecular weight is 463 g/mol. The number of fused-ring (bicyclic) bond motifs is 2. The zero-order valence-electron chi connectivity index (χ0n) is 19.3. The minimum absolute atomic E-state index is 0.0665. The summed E-state index contributed by atoms with van der Waals surface area (Å²) in [4.78, 5) is 18.2. The number of carbonyl (C=O) groups is 1. The number of aliphatic hydroxyl groups is 1. The van der Waals surface area contributed by atoms with Gasteiger partial charge in [-0.2, -0.15) is 0 Å². The predicted molar refractivity (Wildman–Crippen MR) is 130 cm³/mol. The molecule has 34 heavy (non-hydrogen) atoms. The van der Waals surface area contributed by atoms with Crippen LogP contribution in [0.5, 0.6) is 11.5 Å². The Morgan fingerprint density at radius 1 is 1.26 bits per heavy atom. The molecule has 1 atom stereocenters. The number of amides is 1. The number of β-amino-alcohol motifs (C(OH)–C–C–N with tert-alkyl or cyclic N) is 1. The molecule has 0 saturated carbocycles. The lowest BCUT2D eigenvalue weighted by atomic mass is 10.0. The molecule has 0 radical (unpaired) electrons. The number of ether oxygens (including phenoxy) is 2. The van der Waals surface area contributed by atoms with E-state index in [1.807, 2.05) is 42.5 Å². The van der Waals surface area contributed by atoms with E-state index in [9.17, 15) is 9.90 Å². The smallest absolute Gasteiger partial charge is 0.262 e. The highest BCUT2D eigenvalue weighted by atomic mass is 16.5. The number of methoxy groups -OCH3 is 1. The first-order valence-corrected chi connectivity index (χ1v) is 11.7. The summed E-state index contributed by atoms with van der Waals surface area (Å²) in [6, 6.07) is 14.1. The molecule has 3 N–H and O–H groups in total. The molecule has 1 unspecified atom stereocenters. The van der Waals surface area contributed by atoms with Crippen LogP contribution in [0.25, 0.3) is 10.9 Å². The van der Waals surface area contributed by atoms with Crippen LogP contribution in [0.4, 0.5) is 5.69 Å². The Balaban J connectivity index is 1.13. The van der Waals surface area contributed by atoms with Crippen molar-refractivity contribution in [2.24, 2.45) is 0 Å². The number of hydrogen-bond donors (Lipinski definition) is 3. The van der Waals surface area contributed by atoms with E-state index in [1.54, 1.807) is 13.3 Å². The molecule has 0 bridgehead atoms. The maximum Gasteiger partial charge on any atom is 0.262 e. The minimum Gasteiger partial charge on any atom is -0.495 e. The van der Waals surface area contributed by atoms with Gasteiger partial charge in [-0.25, -0.2) is 0 Å². The van der Waals surface area contributed by atoms with Crippen molar-refractivity contribution < 1.29 is 19.4 Å². The molecular formula is C26H30N4O4. The van der Waals surface area contributed by atoms with Gasteiger partial charge in [-0.05, 0) is 61.3 Å². The van der Waals surface area contributed by atoms with E-state index in [0.717, 1.165) is 65.9 Å². The molecule has 2 aliphatic rings. The maximum absolute atomic E-state index is 11.4. The number of aromatic nitrogens is 1. The summed E-state index contributed by atoms with van der Waals surface area (Å²) in [5, 5.41) is 18.4. The molecule has 1 saturated heterocycles. The fourth-order valence-corrected chi connectivity index (χ4v) is 4.71. The topological polar surface area (TPSA) is 96.0 Å². The third-order valence-electron chi connectivity index (χ3n) is 6.62. The summed E-state index contributed by atoms with van der Waals surface area (Å²) in [5.74, 6) is 1.30. The summed E-state index contributed by atoms with van der Waals surface area (Å²) < 4.78 is 10.8. The van der Waals surface area contributed by atoms with E-state index in [2.05, 4.69) is 20.5 Å². The van der Waals surface area contributed by atoms with E-state index in [1.165, 1.54) is 0 Å². The van der Waals surface area contributed by atoms with Crippen LogP contribution in [0.15, 0.2) is 48.7 Å². The predicted octanol–water partition coefficient (Wildman–Crippen LogP) is 2.86. The van der Waals surface area contributed by atoms with Gasteiger partial charge in [0.05, 0.1) is 30.6 Å². The largest absolute Gasteiger partial charge is 0.495 e. The number of nitrogens with zero attached hydrogens (tertiary/aromatic N) is 2. The molecule has 1 aromatic heterocycles. The van der Waals surface area contributed by atoms with Crippen molar-refractivity contribution in [1.29, 1.82) is 0 Å². The first-order valence-electron chi connectivity index (χ1n) is 11.7. The third-order valence-corrected chi connectivity index (χ3v) is 6.62. The van der Waals surface area contributed by atoms with Crippen LogP contribution in [-0.2, 0) is 11.3 Å². The Morgan fingerprint density at radius 3 is 2.94 bits per heavy atom. The Bertz CT molecular complexity index is 1180. The van der Waals surface area contributed by atoms with Crippen molar-refractivity contribution in [3.63, 3.8) is 0 Å². The SMILES string of the molecule is COc1cnc2cccc(C(O)CN3CCC(NCc4ccc5c(c4)OCC(=O)N5)CC3)c2c1. The van der Waals surface area contributed by atoms with Crippen LogP contribution in [0, 0.1) is 0 Å². The van der Waals surface area contributed by atoms with Gasteiger partial charge < -0.3 is 30.1 Å². The number of piperidine rings is 1. The van der Waals surface area contributed by atoms with Crippen molar-refractivity contribution in [2.45, 2.75) is 31.5 Å². The fraction of sp³-hybridized carbons (Fsp3) is 0.385. The molecule has 3 aromatic rings. The van der Waals surface area contributed by atoms with Crippen molar-refractivity contribution in [3.8, 4) is 11.5 Å². The number of rotatable bonds is 7. The van der Waals surface area contributed by atoms with Crippen molar-refractivity contribution >= 4 is 22.5 Å². The van der Waals surface area contributed by atoms with E-state index >= 15 is 0 Å². The van der Waals surface area contributed by atoms with E-state index in [4.69, 9.17) is 9.47 Å². The normalized spacial score (nSPS) is 17.6. The molecule has 178 valence electrons. The highest BCUT2D eigenvalue weighted by molar-refractivity contribution is 5.95. The third kappa shape index (κ3) is 4.99. The van der Waals surface area contributed by atoms with Gasteiger partial charge in [-0.3, -0.25) is 9.78 Å². The lowest BCUT2D eigenvalue weighted by Gasteiger charge is -2.34. The van der Waals surface area contributed by atoms with Crippen LogP contribution in [0.1, 0.15) is 30.1 Å². The summed E-state index contributed by atoms with van der Waals surface area (Å²) >= 11 is 0. The van der Waals surface area contributed by atoms with Gasteiger partial charge in [0.1, 0.15) is 11.5 Å². The molecule has 8 nitrogen and oxygen atoms in total. The van der Waals surface area contributed by atoms with Crippen molar-refractivity contribution in [3.05, 3.63) is 59.8 Å². The number of hydrogen-bond acceptors (Lipinski definition) is 7. The van der Waals surface area contributed by atoms with Gasteiger partial charge in [0.25, 0.3) is 5.91 Å². The number of anilines is 1. The van der Waals surface area contributed by atoms with E-state index in [0.29, 0.717) is 18.3 Å². The number of carbonyl (C=O) groups excluding carboxylic acids is 1. The summed E-state index contributed by atoms with van der Waals surface area (Å²) in [6.45, 7) is 3.28. The molecule has 8 heteroatoms. The van der Waals surface area contributed by atoms with E-state index in [-0.39, 0.29) is 12.5 Å². The van der Waals surface area contributed by atoms with Gasteiger partial charge >= 0.3 is 0 Å². The lowest BCUT2D eigenvalue weighted by Crippen LogP contribution is -2.43. The van der Waals surface area contributed by atoms with Gasteiger partial charge in [-0.15, -0.1) is 0 Å². The molecule has 2 aliphatic heterocycles. The fourth-order valence-electron chi connectivity index (χ4n) is 4.71. The van der Waals surface area contributed by atoms with Gasteiger partial charge in [0.15, 0.2) is 6.61 Å². The Hall–Kier alpha value is -3.20. The van der Waals surface area contributed by atoms with E-state index < -0.39 is 6.10 Å². The number of likely N-dealkylation sites (tertiary alicyclic amines) is 1. The number of aliphatic hydroxyl groups excluding tert-OH is 1. The quantitative estimate of drug-likeness (QED) is 0.497. The summed E-state index contributed by atoms with van der Waals surface area (Å²) in [5.41, 5.74) is 3.60. The second-order valence-electron chi connectivity index (χ2n) is 8.93. The van der Waals surface area contributed by atoms with Crippen molar-refractivity contribution in [1.82, 2.24) is 15.2 Å². The van der Waals surface area contributed by atoms with Crippen LogP contribution < -0.4 is 20.1 Å². The molecule has 1 amide bonds. The Morgan fingerprint density at radius 2 is 2.12 bits per heavy atom. The Kier molecular flexibility index (Phi) is 6.62. The summed E-state index contributed by atoms with van der Waals surface area (Å²) in [7, 11) is 1.62. The van der Waals surface area contributed by atoms with Crippen LogP contribution >= 0.6 is 0 Å². The highest BCUT2D eigenvalue weighted by Gasteiger charge is 2.23. The number of pyridine rings is 1.